The molecule has 108 valence electrons. The van der Waals surface area contributed by atoms with Gasteiger partial charge in [-0.15, -0.1) is 0 Å². The van der Waals surface area contributed by atoms with Crippen LogP contribution in [0.3, 0.4) is 0 Å². The maximum Gasteiger partial charge on any atom is 0.326 e. The van der Waals surface area contributed by atoms with E-state index < -0.39 is 30.4 Å². The van der Waals surface area contributed by atoms with Crippen molar-refractivity contribution in [3.05, 3.63) is 0 Å². The van der Waals surface area contributed by atoms with Gasteiger partial charge in [0, 0.05) is 13.7 Å². The first kappa shape index (κ1) is 15.2. The Hall–Kier alpha value is -1.83. The molecular formula is C11H19N3O5. The number of primary amides is 1. The second-order valence-electron chi connectivity index (χ2n) is 4.63. The Morgan fingerprint density at radius 2 is 2.05 bits per heavy atom. The van der Waals surface area contributed by atoms with Crippen molar-refractivity contribution in [2.45, 2.75) is 37.3 Å². The average molecular weight is 273 g/mol. The van der Waals surface area contributed by atoms with Gasteiger partial charge in [0.2, 0.25) is 5.91 Å². The quantitative estimate of drug-likeness (QED) is 0.481. The third-order valence-electron chi connectivity index (χ3n) is 3.28. The molecule has 1 fully saturated rings. The molecular weight excluding hydrogens is 254 g/mol. The van der Waals surface area contributed by atoms with E-state index in [1.54, 1.807) is 7.11 Å². The van der Waals surface area contributed by atoms with Crippen LogP contribution in [0.4, 0.5) is 4.79 Å². The lowest BCUT2D eigenvalue weighted by Crippen LogP contribution is -2.54. The van der Waals surface area contributed by atoms with Crippen molar-refractivity contribution in [3.63, 3.8) is 0 Å². The van der Waals surface area contributed by atoms with E-state index in [0.717, 1.165) is 19.3 Å². The molecule has 0 aromatic carbocycles. The van der Waals surface area contributed by atoms with Crippen molar-refractivity contribution in [1.82, 2.24) is 10.6 Å². The van der Waals surface area contributed by atoms with Crippen molar-refractivity contribution < 1.29 is 24.2 Å². The average Bonchev–Trinajstić information content (AvgIpc) is 2.26. The van der Waals surface area contributed by atoms with Gasteiger partial charge in [0.05, 0.1) is 12.0 Å². The van der Waals surface area contributed by atoms with Crippen LogP contribution in [0.2, 0.25) is 0 Å². The molecule has 8 heteroatoms. The first-order valence-corrected chi connectivity index (χ1v) is 5.99. The van der Waals surface area contributed by atoms with Crippen molar-refractivity contribution in [3.8, 4) is 0 Å². The summed E-state index contributed by atoms with van der Waals surface area (Å²) < 4.78 is 5.31. The third-order valence-corrected chi connectivity index (χ3v) is 3.28. The van der Waals surface area contributed by atoms with Gasteiger partial charge in [-0.05, 0) is 19.3 Å². The molecule has 3 amide bonds. The largest absolute Gasteiger partial charge is 0.480 e. The van der Waals surface area contributed by atoms with Crippen LogP contribution in [-0.4, -0.2) is 48.3 Å². The van der Waals surface area contributed by atoms with Gasteiger partial charge in [0.15, 0.2) is 0 Å². The number of carbonyl (C=O) groups is 3. The number of methoxy groups -OCH3 is 1. The number of carboxylic acid groups (broad SMARTS) is 1. The first-order chi connectivity index (χ1) is 8.88. The molecule has 1 aliphatic rings. The molecule has 0 radical (unpaired) electrons. The van der Waals surface area contributed by atoms with E-state index in [0.29, 0.717) is 6.54 Å². The molecule has 0 bridgehead atoms. The van der Waals surface area contributed by atoms with Crippen molar-refractivity contribution in [2.75, 3.05) is 13.7 Å². The van der Waals surface area contributed by atoms with Crippen LogP contribution in [0.15, 0.2) is 0 Å². The molecule has 1 unspecified atom stereocenters. The fourth-order valence-corrected chi connectivity index (χ4v) is 1.88. The number of urea groups is 1. The molecule has 19 heavy (non-hydrogen) atoms. The van der Waals surface area contributed by atoms with E-state index in [4.69, 9.17) is 15.6 Å². The number of rotatable bonds is 7. The molecule has 0 saturated heterocycles. The molecule has 0 aliphatic heterocycles. The summed E-state index contributed by atoms with van der Waals surface area (Å²) in [5, 5.41) is 13.6. The zero-order valence-corrected chi connectivity index (χ0v) is 10.8. The number of amides is 3. The summed E-state index contributed by atoms with van der Waals surface area (Å²) in [7, 11) is 1.58. The third kappa shape index (κ3) is 4.40. The Morgan fingerprint density at radius 1 is 1.42 bits per heavy atom. The first-order valence-electron chi connectivity index (χ1n) is 5.99. The Labute approximate surface area is 110 Å². The number of nitrogens with one attached hydrogen (secondary N) is 2. The Bertz CT molecular complexity index is 362. The lowest BCUT2D eigenvalue weighted by Gasteiger charge is -2.40. The Kier molecular flexibility index (Phi) is 5.11. The highest BCUT2D eigenvalue weighted by molar-refractivity contribution is 5.87. The van der Waals surface area contributed by atoms with E-state index in [9.17, 15) is 14.4 Å². The standard InChI is InChI=1S/C11H19N3O5/c1-19-11(3-2-4-11)6-13-10(18)14-7(9(16)17)5-8(12)15/h7H,2-6H2,1H3,(H2,12,15)(H,16,17)(H2,13,14,18). The molecule has 1 aliphatic carbocycles. The van der Waals surface area contributed by atoms with Gasteiger partial charge >= 0.3 is 12.0 Å². The minimum absolute atomic E-state index is 0.304. The van der Waals surface area contributed by atoms with E-state index in [1.165, 1.54) is 0 Å². The highest BCUT2D eigenvalue weighted by Crippen LogP contribution is 2.34. The van der Waals surface area contributed by atoms with Crippen LogP contribution in [0.5, 0.6) is 0 Å². The van der Waals surface area contributed by atoms with Crippen LogP contribution < -0.4 is 16.4 Å². The minimum Gasteiger partial charge on any atom is -0.480 e. The van der Waals surface area contributed by atoms with Crippen LogP contribution in [0.25, 0.3) is 0 Å². The number of aliphatic carboxylic acids is 1. The van der Waals surface area contributed by atoms with Crippen LogP contribution in [-0.2, 0) is 14.3 Å². The van der Waals surface area contributed by atoms with E-state index in [1.807, 2.05) is 0 Å². The van der Waals surface area contributed by atoms with Crippen LogP contribution >= 0.6 is 0 Å². The Balaban J connectivity index is 2.40. The molecule has 0 aromatic heterocycles. The lowest BCUT2D eigenvalue weighted by atomic mass is 9.80. The summed E-state index contributed by atoms with van der Waals surface area (Å²) in [4.78, 5) is 33.1. The SMILES string of the molecule is COC1(CNC(=O)NC(CC(N)=O)C(=O)O)CCC1. The molecule has 5 N–H and O–H groups in total. The fraction of sp³-hybridized carbons (Fsp3) is 0.727. The Morgan fingerprint density at radius 3 is 2.42 bits per heavy atom. The van der Waals surface area contributed by atoms with Gasteiger partial charge in [0.25, 0.3) is 0 Å². The van der Waals surface area contributed by atoms with Gasteiger partial charge in [-0.1, -0.05) is 0 Å². The number of hydrogen-bond donors (Lipinski definition) is 4. The molecule has 1 saturated carbocycles. The summed E-state index contributed by atoms with van der Waals surface area (Å²) in [5.41, 5.74) is 4.56. The summed E-state index contributed by atoms with van der Waals surface area (Å²) in [5.74, 6) is -2.10. The van der Waals surface area contributed by atoms with E-state index >= 15 is 0 Å². The molecule has 0 spiro atoms. The van der Waals surface area contributed by atoms with Gasteiger partial charge < -0.3 is 26.2 Å². The summed E-state index contributed by atoms with van der Waals surface area (Å²) in [6.45, 7) is 0.304. The molecule has 1 rings (SSSR count). The zero-order chi connectivity index (χ0) is 14.5. The number of ether oxygens (including phenoxy) is 1. The molecule has 8 nitrogen and oxygen atoms in total. The van der Waals surface area contributed by atoms with Gasteiger partial charge in [0.1, 0.15) is 6.04 Å². The van der Waals surface area contributed by atoms with Crippen LogP contribution in [0.1, 0.15) is 25.7 Å². The topological polar surface area (TPSA) is 131 Å². The molecule has 0 aromatic rings. The number of carboxylic acids is 1. The summed E-state index contributed by atoms with van der Waals surface area (Å²) in [6, 6.07) is -1.98. The molecule has 0 heterocycles. The van der Waals surface area contributed by atoms with Gasteiger partial charge in [-0.25, -0.2) is 9.59 Å². The van der Waals surface area contributed by atoms with Gasteiger partial charge in [-0.3, -0.25) is 4.79 Å². The minimum atomic E-state index is -1.32. The monoisotopic (exact) mass is 273 g/mol. The predicted octanol–water partition coefficient (Wildman–Crippen LogP) is -0.817. The predicted molar refractivity (Wildman–Crippen MR) is 65.4 cm³/mol. The van der Waals surface area contributed by atoms with Gasteiger partial charge in [-0.2, -0.15) is 0 Å². The number of nitrogens with two attached hydrogens (primary N) is 1. The second kappa shape index (κ2) is 6.37. The summed E-state index contributed by atoms with van der Waals surface area (Å²) >= 11 is 0. The smallest absolute Gasteiger partial charge is 0.326 e. The van der Waals surface area contributed by atoms with Crippen molar-refractivity contribution >= 4 is 17.9 Å². The number of carbonyl (C=O) groups excluding carboxylic acids is 2. The maximum absolute atomic E-state index is 11.5. The highest BCUT2D eigenvalue weighted by atomic mass is 16.5. The maximum atomic E-state index is 11.5. The fourth-order valence-electron chi connectivity index (χ4n) is 1.88. The van der Waals surface area contributed by atoms with E-state index in [-0.39, 0.29) is 5.60 Å². The second-order valence-corrected chi connectivity index (χ2v) is 4.63. The molecule has 1 atom stereocenters. The van der Waals surface area contributed by atoms with Crippen molar-refractivity contribution in [2.24, 2.45) is 5.73 Å². The van der Waals surface area contributed by atoms with Crippen molar-refractivity contribution in [1.29, 1.82) is 0 Å². The number of hydrogen-bond acceptors (Lipinski definition) is 4. The summed E-state index contributed by atoms with van der Waals surface area (Å²) in [6.07, 6.45) is 2.30. The van der Waals surface area contributed by atoms with Crippen LogP contribution in [0, 0.1) is 0 Å². The highest BCUT2D eigenvalue weighted by Gasteiger charge is 2.37. The lowest BCUT2D eigenvalue weighted by molar-refractivity contribution is -0.140. The zero-order valence-electron chi connectivity index (χ0n) is 10.8. The normalized spacial score (nSPS) is 17.9. The van der Waals surface area contributed by atoms with E-state index in [2.05, 4.69) is 10.6 Å².